The molecule has 1 aromatic rings. The number of amides is 1. The van der Waals surface area contributed by atoms with Crippen LogP contribution in [0, 0.1) is 19.3 Å². The summed E-state index contributed by atoms with van der Waals surface area (Å²) in [6.07, 6.45) is -0.326. The molecule has 1 fully saturated rings. The second kappa shape index (κ2) is 5.19. The molecule has 1 amide bonds. The number of nitrogens with one attached hydrogen (secondary N) is 1. The second-order valence-corrected chi connectivity index (χ2v) is 5.49. The molecule has 1 saturated heterocycles. The molecule has 0 radical (unpaired) electrons. The van der Waals surface area contributed by atoms with E-state index in [-0.39, 0.29) is 30.0 Å². The molecule has 0 saturated carbocycles. The average molecular weight is 270 g/mol. The molecule has 18 heavy (non-hydrogen) atoms. The third kappa shape index (κ3) is 2.78. The molecule has 0 bridgehead atoms. The summed E-state index contributed by atoms with van der Waals surface area (Å²) in [5.41, 5.74) is 3.58. The van der Waals surface area contributed by atoms with E-state index in [1.54, 1.807) is 0 Å². The molecule has 0 unspecified atom stereocenters. The Morgan fingerprint density at radius 3 is 2.56 bits per heavy atom. The molecule has 2 rings (SSSR count). The molecule has 100 valence electrons. The summed E-state index contributed by atoms with van der Waals surface area (Å²) in [5.74, 6) is 0. The van der Waals surface area contributed by atoms with Crippen molar-refractivity contribution in [1.29, 1.82) is 0 Å². The topological polar surface area (TPSA) is 38.3 Å². The Labute approximate surface area is 114 Å². The standard InChI is InChI=1S/C14H19NO2.ClH/c1-9-5-6-11(7-10(9)2)12-14(3,4)8-17-13(16)15-12;/h5-7,12H,8H2,1-4H3,(H,15,16);1H/t12-;/m0./s1. The molecule has 1 aliphatic rings. The summed E-state index contributed by atoms with van der Waals surface area (Å²) in [6, 6.07) is 6.35. The molecule has 0 aromatic heterocycles. The van der Waals surface area contributed by atoms with Crippen molar-refractivity contribution in [3.05, 3.63) is 34.9 Å². The predicted molar refractivity (Wildman–Crippen MR) is 74.2 cm³/mol. The zero-order chi connectivity index (χ0) is 12.6. The van der Waals surface area contributed by atoms with Crippen molar-refractivity contribution < 1.29 is 9.53 Å². The van der Waals surface area contributed by atoms with Gasteiger partial charge in [0.15, 0.2) is 0 Å². The van der Waals surface area contributed by atoms with Gasteiger partial charge in [-0.05, 0) is 30.5 Å². The van der Waals surface area contributed by atoms with Gasteiger partial charge in [0.1, 0.15) is 6.61 Å². The Hall–Kier alpha value is -1.22. The summed E-state index contributed by atoms with van der Waals surface area (Å²) in [7, 11) is 0. The molecule has 1 heterocycles. The van der Waals surface area contributed by atoms with Crippen LogP contribution in [-0.2, 0) is 4.74 Å². The molecule has 0 spiro atoms. The van der Waals surface area contributed by atoms with Gasteiger partial charge in [0.2, 0.25) is 0 Å². The summed E-state index contributed by atoms with van der Waals surface area (Å²) in [4.78, 5) is 11.4. The van der Waals surface area contributed by atoms with Gasteiger partial charge in [-0.3, -0.25) is 0 Å². The van der Waals surface area contributed by atoms with Crippen LogP contribution in [-0.4, -0.2) is 12.7 Å². The normalized spacial score (nSPS) is 21.6. The molecule has 3 nitrogen and oxygen atoms in total. The van der Waals surface area contributed by atoms with Gasteiger partial charge in [0.25, 0.3) is 0 Å². The van der Waals surface area contributed by atoms with Gasteiger partial charge in [-0.2, -0.15) is 0 Å². The predicted octanol–water partition coefficient (Wildman–Crippen LogP) is 3.53. The first-order valence-electron chi connectivity index (χ1n) is 5.90. The molecule has 1 atom stereocenters. The fourth-order valence-corrected chi connectivity index (χ4v) is 2.17. The van der Waals surface area contributed by atoms with Gasteiger partial charge < -0.3 is 10.1 Å². The highest BCUT2D eigenvalue weighted by atomic mass is 35.5. The van der Waals surface area contributed by atoms with E-state index < -0.39 is 0 Å². The fraction of sp³-hybridized carbons (Fsp3) is 0.500. The second-order valence-electron chi connectivity index (χ2n) is 5.49. The number of aryl methyl sites for hydroxylation is 2. The van der Waals surface area contributed by atoms with Crippen LogP contribution < -0.4 is 5.32 Å². The number of halogens is 1. The Morgan fingerprint density at radius 2 is 1.94 bits per heavy atom. The number of hydrogen-bond acceptors (Lipinski definition) is 2. The first-order valence-corrected chi connectivity index (χ1v) is 5.90. The molecular weight excluding hydrogens is 250 g/mol. The van der Waals surface area contributed by atoms with Crippen molar-refractivity contribution in [2.75, 3.05) is 6.61 Å². The highest BCUT2D eigenvalue weighted by molar-refractivity contribution is 5.85. The lowest BCUT2D eigenvalue weighted by Crippen LogP contribution is -2.46. The van der Waals surface area contributed by atoms with Gasteiger partial charge >= 0.3 is 6.09 Å². The molecule has 4 heteroatoms. The monoisotopic (exact) mass is 269 g/mol. The first-order chi connectivity index (χ1) is 7.90. The number of cyclic esters (lactones) is 1. The SMILES string of the molecule is Cc1ccc([C@@H]2NC(=O)OCC2(C)C)cc1C.Cl. The smallest absolute Gasteiger partial charge is 0.407 e. The van der Waals surface area contributed by atoms with Crippen molar-refractivity contribution in [1.82, 2.24) is 5.32 Å². The zero-order valence-corrected chi connectivity index (χ0v) is 12.1. The number of alkyl carbamates (subject to hydrolysis) is 1. The van der Waals surface area contributed by atoms with E-state index in [1.807, 2.05) is 0 Å². The van der Waals surface area contributed by atoms with Crippen molar-refractivity contribution in [3.63, 3.8) is 0 Å². The van der Waals surface area contributed by atoms with Crippen LogP contribution in [0.15, 0.2) is 18.2 Å². The van der Waals surface area contributed by atoms with E-state index in [4.69, 9.17) is 4.74 Å². The van der Waals surface area contributed by atoms with E-state index in [0.717, 1.165) is 5.56 Å². The van der Waals surface area contributed by atoms with Crippen LogP contribution in [0.2, 0.25) is 0 Å². The third-order valence-corrected chi connectivity index (χ3v) is 3.48. The summed E-state index contributed by atoms with van der Waals surface area (Å²) in [6.45, 7) is 8.84. The highest BCUT2D eigenvalue weighted by Crippen LogP contribution is 2.36. The number of benzene rings is 1. The Kier molecular flexibility index (Phi) is 4.28. The first kappa shape index (κ1) is 14.8. The largest absolute Gasteiger partial charge is 0.449 e. The Balaban J connectivity index is 0.00000162. The van der Waals surface area contributed by atoms with Crippen LogP contribution in [0.3, 0.4) is 0 Å². The van der Waals surface area contributed by atoms with Gasteiger partial charge in [0, 0.05) is 5.41 Å². The number of hydrogen-bond donors (Lipinski definition) is 1. The lowest BCUT2D eigenvalue weighted by Gasteiger charge is -2.38. The third-order valence-electron chi connectivity index (χ3n) is 3.48. The van der Waals surface area contributed by atoms with Gasteiger partial charge in [0.05, 0.1) is 6.04 Å². The molecule has 1 N–H and O–H groups in total. The summed E-state index contributed by atoms with van der Waals surface area (Å²) in [5, 5.41) is 2.91. The molecule has 1 aliphatic heterocycles. The van der Waals surface area contributed by atoms with Crippen molar-refractivity contribution in [2.45, 2.75) is 33.7 Å². The quantitative estimate of drug-likeness (QED) is 0.847. The van der Waals surface area contributed by atoms with E-state index in [2.05, 4.69) is 51.2 Å². The van der Waals surface area contributed by atoms with Crippen LogP contribution in [0.1, 0.15) is 36.6 Å². The Morgan fingerprint density at radius 1 is 1.28 bits per heavy atom. The minimum Gasteiger partial charge on any atom is -0.449 e. The minimum atomic E-state index is -0.326. The van der Waals surface area contributed by atoms with Gasteiger partial charge in [-0.25, -0.2) is 4.79 Å². The zero-order valence-electron chi connectivity index (χ0n) is 11.2. The number of rotatable bonds is 1. The Bertz CT molecular complexity index is 457. The van der Waals surface area contributed by atoms with E-state index in [1.165, 1.54) is 11.1 Å². The highest BCUT2D eigenvalue weighted by Gasteiger charge is 2.37. The van der Waals surface area contributed by atoms with Crippen molar-refractivity contribution in [2.24, 2.45) is 5.41 Å². The van der Waals surface area contributed by atoms with Crippen LogP contribution in [0.4, 0.5) is 4.79 Å². The lowest BCUT2D eigenvalue weighted by atomic mass is 9.80. The maximum Gasteiger partial charge on any atom is 0.407 e. The van der Waals surface area contributed by atoms with Crippen LogP contribution in [0.5, 0.6) is 0 Å². The van der Waals surface area contributed by atoms with Crippen molar-refractivity contribution >= 4 is 18.5 Å². The van der Waals surface area contributed by atoms with Crippen LogP contribution >= 0.6 is 12.4 Å². The number of ether oxygens (including phenoxy) is 1. The van der Waals surface area contributed by atoms with Gasteiger partial charge in [-0.1, -0.05) is 32.0 Å². The molecule has 0 aliphatic carbocycles. The van der Waals surface area contributed by atoms with E-state index >= 15 is 0 Å². The van der Waals surface area contributed by atoms with Crippen LogP contribution in [0.25, 0.3) is 0 Å². The fourth-order valence-electron chi connectivity index (χ4n) is 2.17. The average Bonchev–Trinajstić information content (AvgIpc) is 2.26. The van der Waals surface area contributed by atoms with Gasteiger partial charge in [-0.15, -0.1) is 12.4 Å². The molecular formula is C14H20ClNO2. The maximum absolute atomic E-state index is 11.4. The lowest BCUT2D eigenvalue weighted by molar-refractivity contribution is 0.0387. The number of carbonyl (C=O) groups excluding carboxylic acids is 1. The van der Waals surface area contributed by atoms with E-state index in [0.29, 0.717) is 6.61 Å². The van der Waals surface area contributed by atoms with E-state index in [9.17, 15) is 4.79 Å². The molecule has 1 aromatic carbocycles. The maximum atomic E-state index is 11.4. The summed E-state index contributed by atoms with van der Waals surface area (Å²) >= 11 is 0. The summed E-state index contributed by atoms with van der Waals surface area (Å²) < 4.78 is 5.05. The number of carbonyl (C=O) groups is 1. The minimum absolute atomic E-state index is 0. The van der Waals surface area contributed by atoms with Crippen molar-refractivity contribution in [3.8, 4) is 0 Å².